The average molecular weight is 339 g/mol. The lowest BCUT2D eigenvalue weighted by atomic mass is 9.51. The number of nitrogens with two attached hydrogens (primary N) is 1. The highest BCUT2D eigenvalue weighted by molar-refractivity contribution is 5.85. The van der Waals surface area contributed by atoms with Crippen LogP contribution in [0.15, 0.2) is 0 Å². The highest BCUT2D eigenvalue weighted by Gasteiger charge is 2.52. The Kier molecular flexibility index (Phi) is 4.16. The van der Waals surface area contributed by atoms with E-state index in [0.29, 0.717) is 29.7 Å². The first-order valence-electron chi connectivity index (χ1n) is 9.73. The van der Waals surface area contributed by atoms with Crippen LogP contribution >= 0.6 is 12.4 Å². The fourth-order valence-electron chi connectivity index (χ4n) is 7.24. The molecule has 3 atom stereocenters. The molecule has 3 nitrogen and oxygen atoms in total. The predicted molar refractivity (Wildman–Crippen MR) is 93.2 cm³/mol. The van der Waals surface area contributed by atoms with E-state index in [-0.39, 0.29) is 12.4 Å². The van der Waals surface area contributed by atoms with Gasteiger partial charge in [-0.2, -0.15) is 0 Å². The van der Waals surface area contributed by atoms with Gasteiger partial charge < -0.3 is 10.6 Å². The van der Waals surface area contributed by atoms with Crippen LogP contribution in [0.2, 0.25) is 0 Å². The largest absolute Gasteiger partial charge is 0.342 e. The molecule has 0 radical (unpaired) electrons. The van der Waals surface area contributed by atoms with Crippen molar-refractivity contribution in [3.63, 3.8) is 0 Å². The Hall–Kier alpha value is -0.280. The molecule has 0 spiro atoms. The van der Waals surface area contributed by atoms with Crippen molar-refractivity contribution in [2.45, 2.75) is 57.4 Å². The molecule has 130 valence electrons. The van der Waals surface area contributed by atoms with Gasteiger partial charge in [-0.15, -0.1) is 12.4 Å². The molecule has 5 saturated carbocycles. The lowest BCUT2D eigenvalue weighted by Gasteiger charge is -2.54. The molecule has 6 aliphatic rings. The van der Waals surface area contributed by atoms with E-state index < -0.39 is 0 Å². The maximum Gasteiger partial charge on any atom is 0.226 e. The minimum atomic E-state index is 0. The van der Waals surface area contributed by atoms with Gasteiger partial charge in [-0.25, -0.2) is 0 Å². The summed E-state index contributed by atoms with van der Waals surface area (Å²) in [4.78, 5) is 15.5. The van der Waals surface area contributed by atoms with Gasteiger partial charge in [0.2, 0.25) is 5.91 Å². The molecule has 4 bridgehead atoms. The lowest BCUT2D eigenvalue weighted by Crippen LogP contribution is -2.51. The first-order valence-corrected chi connectivity index (χ1v) is 9.73. The Morgan fingerprint density at radius 3 is 2.13 bits per heavy atom. The Morgan fingerprint density at radius 2 is 1.52 bits per heavy atom. The molecule has 2 N–H and O–H groups in total. The van der Waals surface area contributed by atoms with Gasteiger partial charge in [0.1, 0.15) is 0 Å². The number of carbonyl (C=O) groups is 1. The fraction of sp³-hybridized carbons (Fsp3) is 0.947. The molecule has 0 aromatic rings. The zero-order chi connectivity index (χ0) is 14.8. The van der Waals surface area contributed by atoms with Crippen molar-refractivity contribution in [3.05, 3.63) is 0 Å². The number of amides is 1. The van der Waals surface area contributed by atoms with Gasteiger partial charge in [-0.05, 0) is 80.5 Å². The van der Waals surface area contributed by atoms with Crippen molar-refractivity contribution < 1.29 is 4.79 Å². The molecule has 0 aromatic heterocycles. The van der Waals surface area contributed by atoms with Gasteiger partial charge in [-0.1, -0.05) is 6.42 Å². The summed E-state index contributed by atoms with van der Waals surface area (Å²) in [6.45, 7) is 1.98. The molecule has 1 amide bonds. The Morgan fingerprint density at radius 1 is 0.870 bits per heavy atom. The Labute approximate surface area is 146 Å². The van der Waals surface area contributed by atoms with Gasteiger partial charge in [0.15, 0.2) is 0 Å². The van der Waals surface area contributed by atoms with Crippen LogP contribution in [0.3, 0.4) is 0 Å². The first kappa shape index (κ1) is 16.2. The normalized spacial score (nSPS) is 50.6. The van der Waals surface area contributed by atoms with Crippen LogP contribution in [-0.4, -0.2) is 29.9 Å². The zero-order valence-electron chi connectivity index (χ0n) is 14.0. The molecular formula is C19H31ClN2O. The number of rotatable bonds is 1. The summed E-state index contributed by atoms with van der Waals surface area (Å²) in [6, 6.07) is 0.343. The highest BCUT2D eigenvalue weighted by atomic mass is 35.5. The molecule has 3 unspecified atom stereocenters. The average Bonchev–Trinajstić information content (AvgIpc) is 2.91. The second-order valence-corrected chi connectivity index (χ2v) is 9.22. The van der Waals surface area contributed by atoms with Crippen molar-refractivity contribution >= 4 is 18.3 Å². The molecule has 23 heavy (non-hydrogen) atoms. The Bertz CT molecular complexity index is 454. The van der Waals surface area contributed by atoms with Crippen LogP contribution in [-0.2, 0) is 4.79 Å². The van der Waals surface area contributed by atoms with Gasteiger partial charge in [-0.3, -0.25) is 4.79 Å². The Balaban J connectivity index is 0.00000135. The summed E-state index contributed by atoms with van der Waals surface area (Å²) in [5.74, 6) is 5.56. The van der Waals surface area contributed by atoms with E-state index in [1.54, 1.807) is 0 Å². The summed E-state index contributed by atoms with van der Waals surface area (Å²) in [5, 5.41) is 0. The topological polar surface area (TPSA) is 46.3 Å². The van der Waals surface area contributed by atoms with Gasteiger partial charge >= 0.3 is 0 Å². The van der Waals surface area contributed by atoms with E-state index in [4.69, 9.17) is 5.73 Å². The van der Waals surface area contributed by atoms with Crippen molar-refractivity contribution in [2.75, 3.05) is 13.1 Å². The summed E-state index contributed by atoms with van der Waals surface area (Å²) in [7, 11) is 0. The third-order valence-corrected chi connectivity index (χ3v) is 7.98. The molecule has 6 rings (SSSR count). The van der Waals surface area contributed by atoms with Crippen LogP contribution in [0.25, 0.3) is 0 Å². The lowest BCUT2D eigenvalue weighted by molar-refractivity contribution is -0.148. The summed E-state index contributed by atoms with van der Waals surface area (Å²) >= 11 is 0. The number of nitrogens with zero attached hydrogens (tertiary/aromatic N) is 1. The van der Waals surface area contributed by atoms with Crippen LogP contribution in [0.5, 0.6) is 0 Å². The number of hydrogen-bond acceptors (Lipinski definition) is 2. The SMILES string of the molecule is Cl.NC1CCCC2CN(C(=O)C3C4CC5CC(C4)CC3C5)CC12. The number of likely N-dealkylation sites (tertiary alicyclic amines) is 1. The third-order valence-electron chi connectivity index (χ3n) is 7.98. The fourth-order valence-corrected chi connectivity index (χ4v) is 7.24. The monoisotopic (exact) mass is 338 g/mol. The van der Waals surface area contributed by atoms with E-state index in [2.05, 4.69) is 4.90 Å². The van der Waals surface area contributed by atoms with E-state index in [9.17, 15) is 4.79 Å². The molecule has 6 fully saturated rings. The molecule has 4 heteroatoms. The molecule has 1 heterocycles. The number of carbonyl (C=O) groups excluding carboxylic acids is 1. The standard InChI is InChI=1S/C19H30N2O.ClH/c20-17-3-1-2-13-9-21(10-16(13)17)19(22)18-14-5-11-4-12(7-14)8-15(18)6-11;/h11-18H,1-10,20H2;1H. The summed E-state index contributed by atoms with van der Waals surface area (Å²) in [5.41, 5.74) is 6.34. The van der Waals surface area contributed by atoms with Crippen molar-refractivity contribution in [3.8, 4) is 0 Å². The van der Waals surface area contributed by atoms with E-state index in [1.807, 2.05) is 0 Å². The smallest absolute Gasteiger partial charge is 0.226 e. The maximum absolute atomic E-state index is 13.3. The van der Waals surface area contributed by atoms with Crippen LogP contribution in [0, 0.1) is 41.4 Å². The molecule has 1 saturated heterocycles. The van der Waals surface area contributed by atoms with E-state index >= 15 is 0 Å². The van der Waals surface area contributed by atoms with E-state index in [0.717, 1.165) is 36.8 Å². The van der Waals surface area contributed by atoms with Gasteiger partial charge in [0, 0.05) is 25.0 Å². The molecular weight excluding hydrogens is 308 g/mol. The van der Waals surface area contributed by atoms with Crippen molar-refractivity contribution in [2.24, 2.45) is 47.2 Å². The minimum absolute atomic E-state index is 0. The second kappa shape index (κ2) is 5.91. The predicted octanol–water partition coefficient (Wildman–Crippen LogP) is 3.07. The number of halogens is 1. The van der Waals surface area contributed by atoms with E-state index in [1.165, 1.54) is 51.4 Å². The third kappa shape index (κ3) is 2.54. The first-order chi connectivity index (χ1) is 10.7. The maximum atomic E-state index is 13.3. The van der Waals surface area contributed by atoms with Crippen LogP contribution < -0.4 is 5.73 Å². The number of hydrogen-bond donors (Lipinski definition) is 1. The summed E-state index contributed by atoms with van der Waals surface area (Å²) < 4.78 is 0. The minimum Gasteiger partial charge on any atom is -0.342 e. The van der Waals surface area contributed by atoms with Crippen molar-refractivity contribution in [1.29, 1.82) is 0 Å². The van der Waals surface area contributed by atoms with Crippen molar-refractivity contribution in [1.82, 2.24) is 4.90 Å². The molecule has 5 aliphatic carbocycles. The van der Waals surface area contributed by atoms with Gasteiger partial charge in [0.25, 0.3) is 0 Å². The quantitative estimate of drug-likeness (QED) is 0.798. The number of fused-ring (bicyclic) bond motifs is 1. The molecule has 1 aliphatic heterocycles. The second-order valence-electron chi connectivity index (χ2n) is 9.22. The highest BCUT2D eigenvalue weighted by Crippen LogP contribution is 2.57. The zero-order valence-corrected chi connectivity index (χ0v) is 14.8. The molecule has 0 aromatic carbocycles. The van der Waals surface area contributed by atoms with Crippen LogP contribution in [0.4, 0.5) is 0 Å². The van der Waals surface area contributed by atoms with Crippen LogP contribution in [0.1, 0.15) is 51.4 Å². The summed E-state index contributed by atoms with van der Waals surface area (Å²) in [6.07, 6.45) is 10.6. The van der Waals surface area contributed by atoms with Gasteiger partial charge in [0.05, 0.1) is 0 Å².